The number of sulfonamides is 1. The van der Waals surface area contributed by atoms with Crippen LogP contribution in [-0.2, 0) is 16.4 Å². The number of nitrogens with zero attached hydrogens (tertiary/aromatic N) is 1. The van der Waals surface area contributed by atoms with Crippen LogP contribution in [0.2, 0.25) is 5.02 Å². The lowest BCUT2D eigenvalue weighted by Crippen LogP contribution is -2.47. The summed E-state index contributed by atoms with van der Waals surface area (Å²) in [5.74, 6) is -0.109. The molecule has 6 nitrogen and oxygen atoms in total. The van der Waals surface area contributed by atoms with Crippen molar-refractivity contribution in [3.8, 4) is 5.75 Å². The third-order valence-corrected chi connectivity index (χ3v) is 6.73. The number of phenols is 1. The van der Waals surface area contributed by atoms with Crippen LogP contribution < -0.4 is 5.73 Å². The van der Waals surface area contributed by atoms with Crippen molar-refractivity contribution < 1.29 is 18.6 Å². The second kappa shape index (κ2) is 9.91. The predicted molar refractivity (Wildman–Crippen MR) is 116 cm³/mol. The molecule has 2 rings (SSSR count). The minimum atomic E-state index is -3.94. The molecular weight excluding hydrogens is 412 g/mol. The zero-order chi connectivity index (χ0) is 21.8. The normalized spacial score (nSPS) is 14.3. The lowest BCUT2D eigenvalue weighted by atomic mass is 10.0. The minimum Gasteiger partial charge on any atom is -0.506 e. The van der Waals surface area contributed by atoms with E-state index in [0.717, 1.165) is 5.56 Å². The maximum atomic E-state index is 13.2. The molecule has 0 bridgehead atoms. The topological polar surface area (TPSA) is 104 Å². The van der Waals surface area contributed by atoms with Gasteiger partial charge in [0.1, 0.15) is 5.75 Å². The molecule has 0 amide bonds. The molecule has 0 aliphatic heterocycles. The highest BCUT2D eigenvalue weighted by atomic mass is 35.5. The van der Waals surface area contributed by atoms with Crippen LogP contribution in [0.15, 0.2) is 47.4 Å². The standard InChI is InChI=1S/C21H29ClN2O4S/c1-14(2)12-24(13-20(25)19(23)10-16-7-5-4-6-8-16)29(27,28)17-9-15(3)21(26)18(22)11-17/h4-9,11,14,19-20,25-26H,10,12-13,23H2,1-3H3/t19-,20+/m0/s1. The van der Waals surface area contributed by atoms with Crippen molar-refractivity contribution in [2.45, 2.75) is 44.2 Å². The molecule has 2 aromatic carbocycles. The number of rotatable bonds is 9. The van der Waals surface area contributed by atoms with E-state index in [1.807, 2.05) is 44.2 Å². The number of aliphatic hydroxyl groups is 1. The van der Waals surface area contributed by atoms with Crippen molar-refractivity contribution in [3.05, 3.63) is 58.6 Å². The van der Waals surface area contributed by atoms with Gasteiger partial charge < -0.3 is 15.9 Å². The SMILES string of the molecule is Cc1cc(S(=O)(=O)N(CC(C)C)C[C@@H](O)[C@@H](N)Cc2ccccc2)cc(Cl)c1O. The Morgan fingerprint density at radius 3 is 2.31 bits per heavy atom. The highest BCUT2D eigenvalue weighted by Crippen LogP contribution is 2.31. The first-order valence-electron chi connectivity index (χ1n) is 9.49. The summed E-state index contributed by atoms with van der Waals surface area (Å²) in [6, 6.07) is 11.5. The fraction of sp³-hybridized carbons (Fsp3) is 0.429. The number of halogens is 1. The predicted octanol–water partition coefficient (Wildman–Crippen LogP) is 2.93. The molecule has 8 heteroatoms. The van der Waals surface area contributed by atoms with E-state index in [9.17, 15) is 18.6 Å². The van der Waals surface area contributed by atoms with Crippen molar-refractivity contribution in [3.63, 3.8) is 0 Å². The van der Waals surface area contributed by atoms with E-state index >= 15 is 0 Å². The van der Waals surface area contributed by atoms with Crippen molar-refractivity contribution in [2.75, 3.05) is 13.1 Å². The third kappa shape index (κ3) is 6.17. The molecule has 2 aromatic rings. The van der Waals surface area contributed by atoms with Crippen LogP contribution >= 0.6 is 11.6 Å². The van der Waals surface area contributed by atoms with Crippen molar-refractivity contribution in [1.29, 1.82) is 0 Å². The number of aliphatic hydroxyl groups excluding tert-OH is 1. The summed E-state index contributed by atoms with van der Waals surface area (Å²) >= 11 is 5.98. The first kappa shape index (κ1) is 23.6. The van der Waals surface area contributed by atoms with E-state index in [-0.39, 0.29) is 34.7 Å². The molecule has 2 atom stereocenters. The number of benzene rings is 2. The number of aryl methyl sites for hydroxylation is 1. The summed E-state index contributed by atoms with van der Waals surface area (Å²) in [5, 5.41) is 20.4. The number of hydrogen-bond donors (Lipinski definition) is 3. The Labute approximate surface area is 178 Å². The van der Waals surface area contributed by atoms with Gasteiger partial charge in [0.25, 0.3) is 0 Å². The van der Waals surface area contributed by atoms with Gasteiger partial charge in [0, 0.05) is 19.1 Å². The largest absolute Gasteiger partial charge is 0.506 e. The molecule has 0 unspecified atom stereocenters. The average Bonchev–Trinajstić information content (AvgIpc) is 2.65. The van der Waals surface area contributed by atoms with Crippen LogP contribution in [0, 0.1) is 12.8 Å². The maximum absolute atomic E-state index is 13.2. The molecular formula is C21H29ClN2O4S. The van der Waals surface area contributed by atoms with Gasteiger partial charge in [0.05, 0.1) is 16.0 Å². The molecule has 0 radical (unpaired) electrons. The van der Waals surface area contributed by atoms with Gasteiger partial charge in [0.2, 0.25) is 10.0 Å². The Morgan fingerprint density at radius 1 is 1.14 bits per heavy atom. The number of aromatic hydroxyl groups is 1. The van der Waals surface area contributed by atoms with E-state index in [0.29, 0.717) is 12.0 Å². The van der Waals surface area contributed by atoms with Gasteiger partial charge in [-0.2, -0.15) is 4.31 Å². The van der Waals surface area contributed by atoms with E-state index in [4.69, 9.17) is 17.3 Å². The quantitative estimate of drug-likeness (QED) is 0.556. The smallest absolute Gasteiger partial charge is 0.243 e. The Bertz CT molecular complexity index is 897. The molecule has 0 fully saturated rings. The number of phenolic OH excluding ortho intramolecular Hbond substituents is 1. The lowest BCUT2D eigenvalue weighted by Gasteiger charge is -2.29. The summed E-state index contributed by atoms with van der Waals surface area (Å²) in [6.45, 7) is 5.46. The Morgan fingerprint density at radius 2 is 1.76 bits per heavy atom. The van der Waals surface area contributed by atoms with Crippen molar-refractivity contribution >= 4 is 21.6 Å². The van der Waals surface area contributed by atoms with Gasteiger partial charge in [-0.15, -0.1) is 0 Å². The zero-order valence-electron chi connectivity index (χ0n) is 16.9. The highest BCUT2D eigenvalue weighted by Gasteiger charge is 2.30. The van der Waals surface area contributed by atoms with Crippen LogP contribution in [0.5, 0.6) is 5.75 Å². The Balaban J connectivity index is 2.26. The van der Waals surface area contributed by atoms with Crippen LogP contribution in [0.3, 0.4) is 0 Å². The number of nitrogens with two attached hydrogens (primary N) is 1. The molecule has 0 heterocycles. The van der Waals surface area contributed by atoms with Crippen LogP contribution in [-0.4, -0.2) is 48.2 Å². The minimum absolute atomic E-state index is 0.0257. The molecule has 29 heavy (non-hydrogen) atoms. The fourth-order valence-corrected chi connectivity index (χ4v) is 5.11. The first-order chi connectivity index (χ1) is 13.5. The van der Waals surface area contributed by atoms with Crippen LogP contribution in [0.1, 0.15) is 25.0 Å². The van der Waals surface area contributed by atoms with E-state index in [1.54, 1.807) is 6.92 Å². The maximum Gasteiger partial charge on any atom is 0.243 e. The second-order valence-corrected chi connectivity index (χ2v) is 10.1. The van der Waals surface area contributed by atoms with E-state index in [1.165, 1.54) is 16.4 Å². The molecule has 0 spiro atoms. The summed E-state index contributed by atoms with van der Waals surface area (Å²) in [4.78, 5) is -0.0257. The molecule has 0 aromatic heterocycles. The highest BCUT2D eigenvalue weighted by molar-refractivity contribution is 7.89. The molecule has 0 aliphatic rings. The molecule has 0 aliphatic carbocycles. The lowest BCUT2D eigenvalue weighted by molar-refractivity contribution is 0.116. The monoisotopic (exact) mass is 440 g/mol. The van der Waals surface area contributed by atoms with Gasteiger partial charge >= 0.3 is 0 Å². The molecule has 160 valence electrons. The molecule has 0 saturated carbocycles. The fourth-order valence-electron chi connectivity index (χ4n) is 3.05. The van der Waals surface area contributed by atoms with E-state index in [2.05, 4.69) is 0 Å². The van der Waals surface area contributed by atoms with Gasteiger partial charge in [-0.05, 0) is 42.5 Å². The van der Waals surface area contributed by atoms with Gasteiger partial charge in [0.15, 0.2) is 0 Å². The Kier molecular flexibility index (Phi) is 8.08. The second-order valence-electron chi connectivity index (χ2n) is 7.71. The van der Waals surface area contributed by atoms with Crippen molar-refractivity contribution in [2.24, 2.45) is 11.7 Å². The van der Waals surface area contributed by atoms with Crippen molar-refractivity contribution in [1.82, 2.24) is 4.31 Å². The average molecular weight is 441 g/mol. The summed E-state index contributed by atoms with van der Waals surface area (Å²) in [6.07, 6.45) is -0.612. The van der Waals surface area contributed by atoms with Gasteiger partial charge in [-0.25, -0.2) is 8.42 Å². The zero-order valence-corrected chi connectivity index (χ0v) is 18.5. The summed E-state index contributed by atoms with van der Waals surface area (Å²) in [5.41, 5.74) is 7.49. The molecule has 0 saturated heterocycles. The Hall–Kier alpha value is -1.64. The third-order valence-electron chi connectivity index (χ3n) is 4.63. The van der Waals surface area contributed by atoms with Crippen LogP contribution in [0.4, 0.5) is 0 Å². The van der Waals surface area contributed by atoms with E-state index < -0.39 is 22.2 Å². The summed E-state index contributed by atoms with van der Waals surface area (Å²) in [7, 11) is -3.94. The first-order valence-corrected chi connectivity index (χ1v) is 11.3. The molecule has 4 N–H and O–H groups in total. The number of hydrogen-bond acceptors (Lipinski definition) is 5. The summed E-state index contributed by atoms with van der Waals surface area (Å²) < 4.78 is 27.7. The van der Waals surface area contributed by atoms with Crippen LogP contribution in [0.25, 0.3) is 0 Å². The van der Waals surface area contributed by atoms with Gasteiger partial charge in [-0.1, -0.05) is 55.8 Å². The van der Waals surface area contributed by atoms with Gasteiger partial charge in [-0.3, -0.25) is 0 Å².